The van der Waals surface area contributed by atoms with Gasteiger partial charge in [0.05, 0.1) is 12.5 Å². The highest BCUT2D eigenvalue weighted by molar-refractivity contribution is 14.1. The summed E-state index contributed by atoms with van der Waals surface area (Å²) in [7, 11) is 0. The molecule has 13 heavy (non-hydrogen) atoms. The van der Waals surface area contributed by atoms with Crippen LogP contribution in [0.4, 0.5) is 0 Å². The maximum Gasteiger partial charge on any atom is 0.0641 e. The lowest BCUT2D eigenvalue weighted by Gasteiger charge is -2.09. The number of aryl methyl sites for hydroxylation is 1. The van der Waals surface area contributed by atoms with E-state index >= 15 is 0 Å². The van der Waals surface area contributed by atoms with Gasteiger partial charge in [0, 0.05) is 9.61 Å². The fourth-order valence-electron chi connectivity index (χ4n) is 1.06. The van der Waals surface area contributed by atoms with Crippen LogP contribution in [0.3, 0.4) is 0 Å². The zero-order chi connectivity index (χ0) is 9.84. The number of halogens is 1. The standard InChI is InChI=1S/C10H11IN2/c1-7-2-3-8(6-9(7)11)10(13)4-5-12/h2-3,6,10H,4,13H2,1H3/t10-/m0/s1. The van der Waals surface area contributed by atoms with Crippen LogP contribution in [0.2, 0.25) is 0 Å². The number of nitrogens with zero attached hydrogens (tertiary/aromatic N) is 1. The molecule has 1 rings (SSSR count). The quantitative estimate of drug-likeness (QED) is 0.849. The van der Waals surface area contributed by atoms with Gasteiger partial charge in [0.2, 0.25) is 0 Å². The Morgan fingerprint density at radius 2 is 2.31 bits per heavy atom. The molecule has 3 heteroatoms. The van der Waals surface area contributed by atoms with Crippen molar-refractivity contribution >= 4 is 22.6 Å². The Morgan fingerprint density at radius 1 is 1.62 bits per heavy atom. The van der Waals surface area contributed by atoms with Crippen LogP contribution in [0, 0.1) is 21.8 Å². The molecule has 1 atom stereocenters. The number of benzene rings is 1. The second-order valence-corrected chi connectivity index (χ2v) is 4.14. The van der Waals surface area contributed by atoms with Gasteiger partial charge in [-0.3, -0.25) is 0 Å². The molecule has 0 aliphatic heterocycles. The van der Waals surface area contributed by atoms with Crippen LogP contribution in [0.25, 0.3) is 0 Å². The van der Waals surface area contributed by atoms with Gasteiger partial charge in [0.15, 0.2) is 0 Å². The monoisotopic (exact) mass is 286 g/mol. The first-order valence-electron chi connectivity index (χ1n) is 4.03. The number of rotatable bonds is 2. The molecule has 0 unspecified atom stereocenters. The third kappa shape index (κ3) is 2.68. The topological polar surface area (TPSA) is 49.8 Å². The predicted molar refractivity (Wildman–Crippen MR) is 61.1 cm³/mol. The Morgan fingerprint density at radius 3 is 2.85 bits per heavy atom. The molecule has 2 nitrogen and oxygen atoms in total. The fourth-order valence-corrected chi connectivity index (χ4v) is 1.60. The summed E-state index contributed by atoms with van der Waals surface area (Å²) in [5.41, 5.74) is 8.08. The molecule has 0 heterocycles. The van der Waals surface area contributed by atoms with Crippen molar-refractivity contribution in [3.05, 3.63) is 32.9 Å². The minimum Gasteiger partial charge on any atom is -0.323 e. The summed E-state index contributed by atoms with van der Waals surface area (Å²) in [5.74, 6) is 0. The summed E-state index contributed by atoms with van der Waals surface area (Å²) in [5, 5.41) is 8.49. The molecule has 68 valence electrons. The lowest BCUT2D eigenvalue weighted by Crippen LogP contribution is -2.09. The fraction of sp³-hybridized carbons (Fsp3) is 0.300. The van der Waals surface area contributed by atoms with Crippen LogP contribution >= 0.6 is 22.6 Å². The van der Waals surface area contributed by atoms with Gasteiger partial charge in [0.25, 0.3) is 0 Å². The van der Waals surface area contributed by atoms with E-state index in [-0.39, 0.29) is 6.04 Å². The van der Waals surface area contributed by atoms with Crippen molar-refractivity contribution in [3.63, 3.8) is 0 Å². The van der Waals surface area contributed by atoms with Crippen molar-refractivity contribution in [2.75, 3.05) is 0 Å². The largest absolute Gasteiger partial charge is 0.323 e. The van der Waals surface area contributed by atoms with Crippen LogP contribution in [-0.2, 0) is 0 Å². The van der Waals surface area contributed by atoms with Crippen molar-refractivity contribution in [3.8, 4) is 6.07 Å². The maximum atomic E-state index is 8.49. The predicted octanol–water partition coefficient (Wildman–Crippen LogP) is 2.51. The molecule has 0 saturated heterocycles. The van der Waals surface area contributed by atoms with E-state index in [1.165, 1.54) is 9.13 Å². The normalized spacial score (nSPS) is 12.2. The highest BCUT2D eigenvalue weighted by atomic mass is 127. The smallest absolute Gasteiger partial charge is 0.0641 e. The number of nitriles is 1. The van der Waals surface area contributed by atoms with E-state index in [2.05, 4.69) is 35.6 Å². The average Bonchev–Trinajstić information content (AvgIpc) is 2.10. The van der Waals surface area contributed by atoms with Crippen molar-refractivity contribution < 1.29 is 0 Å². The van der Waals surface area contributed by atoms with Gasteiger partial charge in [-0.15, -0.1) is 0 Å². The summed E-state index contributed by atoms with van der Waals surface area (Å²) >= 11 is 2.27. The molecule has 0 amide bonds. The van der Waals surface area contributed by atoms with Gasteiger partial charge < -0.3 is 5.73 Å². The lowest BCUT2D eigenvalue weighted by atomic mass is 10.0. The highest BCUT2D eigenvalue weighted by Crippen LogP contribution is 2.19. The van der Waals surface area contributed by atoms with Crippen molar-refractivity contribution in [1.82, 2.24) is 0 Å². The summed E-state index contributed by atoms with van der Waals surface area (Å²) in [6, 6.07) is 7.98. The van der Waals surface area contributed by atoms with E-state index in [1.54, 1.807) is 0 Å². The first-order valence-corrected chi connectivity index (χ1v) is 5.11. The maximum absolute atomic E-state index is 8.49. The molecule has 0 aliphatic carbocycles. The SMILES string of the molecule is Cc1ccc([C@@H](N)CC#N)cc1I. The summed E-state index contributed by atoms with van der Waals surface area (Å²) in [4.78, 5) is 0. The average molecular weight is 286 g/mol. The van der Waals surface area contributed by atoms with E-state index in [4.69, 9.17) is 11.0 Å². The Labute approximate surface area is 91.9 Å². The third-order valence-corrected chi connectivity index (χ3v) is 3.10. The molecular weight excluding hydrogens is 275 g/mol. The van der Waals surface area contributed by atoms with E-state index in [1.807, 2.05) is 18.2 Å². The molecule has 0 saturated carbocycles. The van der Waals surface area contributed by atoms with Crippen molar-refractivity contribution in [2.24, 2.45) is 5.73 Å². The van der Waals surface area contributed by atoms with Gasteiger partial charge in [-0.2, -0.15) is 5.26 Å². The first-order chi connectivity index (χ1) is 6.15. The molecule has 2 N–H and O–H groups in total. The molecule has 1 aromatic rings. The Balaban J connectivity index is 2.91. The second kappa shape index (κ2) is 4.58. The first kappa shape index (κ1) is 10.5. The molecular formula is C10H11IN2. The summed E-state index contributed by atoms with van der Waals surface area (Å²) in [6.45, 7) is 2.06. The molecule has 0 spiro atoms. The van der Waals surface area contributed by atoms with E-state index < -0.39 is 0 Å². The van der Waals surface area contributed by atoms with Gasteiger partial charge in [-0.25, -0.2) is 0 Å². The minimum atomic E-state index is -0.154. The number of hydrogen-bond donors (Lipinski definition) is 1. The van der Waals surface area contributed by atoms with Crippen LogP contribution in [-0.4, -0.2) is 0 Å². The zero-order valence-corrected chi connectivity index (χ0v) is 9.58. The Bertz CT molecular complexity index is 341. The van der Waals surface area contributed by atoms with Crippen LogP contribution in [0.15, 0.2) is 18.2 Å². The summed E-state index contributed by atoms with van der Waals surface area (Å²) < 4.78 is 1.20. The Hall–Kier alpha value is -0.600. The van der Waals surface area contributed by atoms with Crippen LogP contribution in [0.5, 0.6) is 0 Å². The lowest BCUT2D eigenvalue weighted by molar-refractivity contribution is 0.747. The molecule has 0 aliphatic rings. The summed E-state index contributed by atoms with van der Waals surface area (Å²) in [6.07, 6.45) is 0.374. The zero-order valence-electron chi connectivity index (χ0n) is 7.42. The number of hydrogen-bond acceptors (Lipinski definition) is 2. The molecule has 1 aromatic carbocycles. The molecule has 0 radical (unpaired) electrons. The number of nitrogens with two attached hydrogens (primary N) is 1. The van der Waals surface area contributed by atoms with Crippen LogP contribution in [0.1, 0.15) is 23.6 Å². The van der Waals surface area contributed by atoms with Gasteiger partial charge in [-0.05, 0) is 46.7 Å². The minimum absolute atomic E-state index is 0.154. The molecule has 0 fully saturated rings. The van der Waals surface area contributed by atoms with Crippen molar-refractivity contribution in [1.29, 1.82) is 5.26 Å². The Kier molecular flexibility index (Phi) is 3.70. The van der Waals surface area contributed by atoms with E-state index in [9.17, 15) is 0 Å². The molecule has 0 bridgehead atoms. The second-order valence-electron chi connectivity index (χ2n) is 2.98. The van der Waals surface area contributed by atoms with Gasteiger partial charge in [0.1, 0.15) is 0 Å². The third-order valence-electron chi connectivity index (χ3n) is 1.94. The van der Waals surface area contributed by atoms with Gasteiger partial charge in [-0.1, -0.05) is 12.1 Å². The van der Waals surface area contributed by atoms with Crippen molar-refractivity contribution in [2.45, 2.75) is 19.4 Å². The highest BCUT2D eigenvalue weighted by Gasteiger charge is 2.05. The van der Waals surface area contributed by atoms with E-state index in [0.717, 1.165) is 5.56 Å². The molecule has 0 aromatic heterocycles. The van der Waals surface area contributed by atoms with Crippen LogP contribution < -0.4 is 5.73 Å². The van der Waals surface area contributed by atoms with E-state index in [0.29, 0.717) is 6.42 Å². The van der Waals surface area contributed by atoms with Gasteiger partial charge >= 0.3 is 0 Å².